The van der Waals surface area contributed by atoms with Crippen LogP contribution in [0.5, 0.6) is 17.2 Å². The molecule has 0 unspecified atom stereocenters. The van der Waals surface area contributed by atoms with E-state index in [1.54, 1.807) is 4.90 Å². The van der Waals surface area contributed by atoms with E-state index in [1.165, 1.54) is 37.4 Å². The van der Waals surface area contributed by atoms with Crippen molar-refractivity contribution in [2.24, 2.45) is 0 Å². The van der Waals surface area contributed by atoms with Crippen LogP contribution < -0.4 is 14.2 Å². The fraction of sp³-hybridized carbons (Fsp3) is 0.310. The van der Waals surface area contributed by atoms with Gasteiger partial charge in [0, 0.05) is 29.8 Å². The Labute approximate surface area is 224 Å². The number of carbonyl (C=O) groups is 2. The van der Waals surface area contributed by atoms with Crippen LogP contribution >= 0.6 is 0 Å². The molecule has 39 heavy (non-hydrogen) atoms. The molecule has 5 rings (SSSR count). The summed E-state index contributed by atoms with van der Waals surface area (Å²) in [5.41, 5.74) is 1.94. The van der Waals surface area contributed by atoms with Gasteiger partial charge in [-0.1, -0.05) is 30.3 Å². The smallest absolute Gasteiger partial charge is 0.338 e. The molecule has 0 aromatic heterocycles. The molecule has 1 amide bonds. The van der Waals surface area contributed by atoms with E-state index < -0.39 is 18.1 Å². The van der Waals surface area contributed by atoms with Crippen molar-refractivity contribution in [2.75, 3.05) is 40.0 Å². The van der Waals surface area contributed by atoms with E-state index in [4.69, 9.17) is 28.4 Å². The van der Waals surface area contributed by atoms with Crippen molar-refractivity contribution in [3.8, 4) is 17.2 Å². The maximum Gasteiger partial charge on any atom is 0.338 e. The van der Waals surface area contributed by atoms with Gasteiger partial charge in [-0.3, -0.25) is 4.79 Å². The van der Waals surface area contributed by atoms with E-state index in [1.807, 2.05) is 30.3 Å². The first-order chi connectivity index (χ1) is 19.0. The highest BCUT2D eigenvalue weighted by Gasteiger charge is 2.26. The molecule has 0 radical (unpaired) electrons. The van der Waals surface area contributed by atoms with E-state index in [2.05, 4.69) is 0 Å². The number of hydrogen-bond acceptors (Lipinski definition) is 8. The van der Waals surface area contributed by atoms with Crippen LogP contribution in [-0.4, -0.2) is 56.8 Å². The van der Waals surface area contributed by atoms with Gasteiger partial charge in [0.2, 0.25) is 6.29 Å². The SMILES string of the molecule is COc1cc(C(=O)OCc2cc(F)cc3c2O[C@@H](c2ccccc2)OC3)ccc1OCC(=O)N1CCOCC1. The highest BCUT2D eigenvalue weighted by Crippen LogP contribution is 2.37. The molecule has 1 saturated heterocycles. The molecule has 9 nitrogen and oxygen atoms in total. The molecular formula is C29H28FNO8. The summed E-state index contributed by atoms with van der Waals surface area (Å²) in [4.78, 5) is 26.9. The van der Waals surface area contributed by atoms with Gasteiger partial charge in [-0.25, -0.2) is 9.18 Å². The maximum absolute atomic E-state index is 14.3. The second kappa shape index (κ2) is 12.1. The number of amides is 1. The number of hydrogen-bond donors (Lipinski definition) is 0. The summed E-state index contributed by atoms with van der Waals surface area (Å²) in [6.45, 7) is 1.80. The zero-order valence-corrected chi connectivity index (χ0v) is 21.4. The third kappa shape index (κ3) is 6.30. The molecule has 3 aromatic rings. The Morgan fingerprint density at radius 3 is 2.59 bits per heavy atom. The Bertz CT molecular complexity index is 1330. The van der Waals surface area contributed by atoms with Gasteiger partial charge in [0.05, 0.1) is 32.5 Å². The largest absolute Gasteiger partial charge is 0.493 e. The molecule has 0 bridgehead atoms. The highest BCUT2D eigenvalue weighted by atomic mass is 19.1. The molecule has 2 heterocycles. The Morgan fingerprint density at radius 1 is 1.03 bits per heavy atom. The van der Waals surface area contributed by atoms with E-state index in [0.717, 1.165) is 5.56 Å². The molecule has 0 spiro atoms. The van der Waals surface area contributed by atoms with Crippen LogP contribution in [0.15, 0.2) is 60.7 Å². The van der Waals surface area contributed by atoms with Crippen molar-refractivity contribution in [1.29, 1.82) is 0 Å². The van der Waals surface area contributed by atoms with Crippen molar-refractivity contribution in [3.05, 3.63) is 88.7 Å². The number of halogens is 1. The molecule has 0 saturated carbocycles. The van der Waals surface area contributed by atoms with Crippen LogP contribution in [0.2, 0.25) is 0 Å². The number of nitrogens with zero attached hydrogens (tertiary/aromatic N) is 1. The molecule has 3 aromatic carbocycles. The maximum atomic E-state index is 14.3. The number of ether oxygens (including phenoxy) is 6. The molecule has 204 valence electrons. The normalized spacial score (nSPS) is 16.6. The molecule has 2 aliphatic heterocycles. The summed E-state index contributed by atoms with van der Waals surface area (Å²) in [6, 6.07) is 16.5. The molecule has 2 aliphatic rings. The van der Waals surface area contributed by atoms with Gasteiger partial charge in [0.15, 0.2) is 18.1 Å². The average Bonchev–Trinajstić information content (AvgIpc) is 2.99. The van der Waals surface area contributed by atoms with E-state index in [-0.39, 0.29) is 37.0 Å². The Kier molecular flexibility index (Phi) is 8.24. The standard InChI is InChI=1S/C29H28FNO8/c1-34-25-15-20(7-8-24(25)36-18-26(32)31-9-11-35-12-10-31)28(33)37-16-21-13-23(30)14-22-17-38-29(39-27(21)22)19-5-3-2-4-6-19/h2-8,13-15,29H,9-12,16-18H2,1H3/t29-/m0/s1. The van der Waals surface area contributed by atoms with Crippen LogP contribution in [0, 0.1) is 5.82 Å². The quantitative estimate of drug-likeness (QED) is 0.398. The minimum atomic E-state index is -0.662. The average molecular weight is 538 g/mol. The zero-order valence-electron chi connectivity index (χ0n) is 21.4. The molecule has 0 aliphatic carbocycles. The van der Waals surface area contributed by atoms with Crippen molar-refractivity contribution in [1.82, 2.24) is 4.90 Å². The molecular weight excluding hydrogens is 509 g/mol. The predicted molar refractivity (Wildman–Crippen MR) is 136 cm³/mol. The lowest BCUT2D eigenvalue weighted by Gasteiger charge is -2.28. The fourth-order valence-corrected chi connectivity index (χ4v) is 4.34. The second-order valence-corrected chi connectivity index (χ2v) is 8.95. The van der Waals surface area contributed by atoms with Gasteiger partial charge >= 0.3 is 5.97 Å². The lowest BCUT2D eigenvalue weighted by atomic mass is 10.1. The summed E-state index contributed by atoms with van der Waals surface area (Å²) in [6.07, 6.45) is -0.662. The first-order valence-corrected chi connectivity index (χ1v) is 12.5. The third-order valence-electron chi connectivity index (χ3n) is 6.37. The van der Waals surface area contributed by atoms with E-state index in [0.29, 0.717) is 48.9 Å². The van der Waals surface area contributed by atoms with Crippen LogP contribution in [0.25, 0.3) is 0 Å². The minimum absolute atomic E-state index is 0.153. The summed E-state index contributed by atoms with van der Waals surface area (Å²) in [7, 11) is 1.43. The summed E-state index contributed by atoms with van der Waals surface area (Å²) >= 11 is 0. The summed E-state index contributed by atoms with van der Waals surface area (Å²) < 4.78 is 47.8. The summed E-state index contributed by atoms with van der Waals surface area (Å²) in [5, 5.41) is 0. The second-order valence-electron chi connectivity index (χ2n) is 8.95. The van der Waals surface area contributed by atoms with E-state index in [9.17, 15) is 14.0 Å². The van der Waals surface area contributed by atoms with Crippen LogP contribution in [0.4, 0.5) is 4.39 Å². The first-order valence-electron chi connectivity index (χ1n) is 12.5. The number of benzene rings is 3. The van der Waals surface area contributed by atoms with Gasteiger partial charge < -0.3 is 33.3 Å². The van der Waals surface area contributed by atoms with Crippen LogP contribution in [0.1, 0.15) is 33.3 Å². The number of morpholine rings is 1. The van der Waals surface area contributed by atoms with Crippen LogP contribution in [-0.2, 0) is 32.2 Å². The number of fused-ring (bicyclic) bond motifs is 1. The topological polar surface area (TPSA) is 92.8 Å². The minimum Gasteiger partial charge on any atom is -0.493 e. The van der Waals surface area contributed by atoms with Gasteiger partial charge in [0.25, 0.3) is 5.91 Å². The van der Waals surface area contributed by atoms with Crippen molar-refractivity contribution in [3.63, 3.8) is 0 Å². The molecule has 1 fully saturated rings. The fourth-order valence-electron chi connectivity index (χ4n) is 4.34. The predicted octanol–water partition coefficient (Wildman–Crippen LogP) is 4.04. The number of methoxy groups -OCH3 is 1. The van der Waals surface area contributed by atoms with E-state index >= 15 is 0 Å². The van der Waals surface area contributed by atoms with Gasteiger partial charge in [-0.05, 0) is 30.3 Å². The molecule has 10 heteroatoms. The van der Waals surface area contributed by atoms with Gasteiger partial charge in [0.1, 0.15) is 18.2 Å². The number of carbonyl (C=O) groups excluding carboxylic acids is 2. The van der Waals surface area contributed by atoms with Crippen molar-refractivity contribution < 1.29 is 42.4 Å². The van der Waals surface area contributed by atoms with Gasteiger partial charge in [-0.15, -0.1) is 0 Å². The zero-order chi connectivity index (χ0) is 27.2. The van der Waals surface area contributed by atoms with Crippen molar-refractivity contribution >= 4 is 11.9 Å². The lowest BCUT2D eigenvalue weighted by Crippen LogP contribution is -2.43. The monoisotopic (exact) mass is 537 g/mol. The summed E-state index contributed by atoms with van der Waals surface area (Å²) in [5.74, 6) is -0.280. The lowest BCUT2D eigenvalue weighted by molar-refractivity contribution is -0.137. The Balaban J connectivity index is 1.24. The first kappa shape index (κ1) is 26.5. The highest BCUT2D eigenvalue weighted by molar-refractivity contribution is 5.90. The number of rotatable bonds is 8. The third-order valence-corrected chi connectivity index (χ3v) is 6.37. The Hall–Kier alpha value is -4.15. The van der Waals surface area contributed by atoms with Gasteiger partial charge in [-0.2, -0.15) is 0 Å². The Morgan fingerprint density at radius 2 is 1.82 bits per heavy atom. The van der Waals surface area contributed by atoms with Crippen molar-refractivity contribution in [2.45, 2.75) is 19.5 Å². The molecule has 1 atom stereocenters. The van der Waals surface area contributed by atoms with Crippen LogP contribution in [0.3, 0.4) is 0 Å². The number of esters is 1. The molecule has 0 N–H and O–H groups in total.